The van der Waals surface area contributed by atoms with Crippen LogP contribution in [0.15, 0.2) is 46.1 Å². The van der Waals surface area contributed by atoms with Crippen LogP contribution in [0.25, 0.3) is 0 Å². The van der Waals surface area contributed by atoms with Crippen LogP contribution < -0.4 is 21.9 Å². The van der Waals surface area contributed by atoms with Gasteiger partial charge in [-0.25, -0.2) is 4.98 Å². The molecule has 0 bridgehead atoms. The summed E-state index contributed by atoms with van der Waals surface area (Å²) in [4.78, 5) is 6.52. The van der Waals surface area contributed by atoms with E-state index in [9.17, 15) is 0 Å². The normalized spacial score (nSPS) is 11.5. The van der Waals surface area contributed by atoms with Crippen LogP contribution in [0.1, 0.15) is 20.8 Å². The number of rotatable bonds is 9. The van der Waals surface area contributed by atoms with Crippen LogP contribution in [-0.4, -0.2) is 49.2 Å². The van der Waals surface area contributed by atoms with Crippen molar-refractivity contribution in [2.45, 2.75) is 20.8 Å². The lowest BCUT2D eigenvalue weighted by molar-refractivity contribution is -0.904. The molecule has 1 heterocycles. The van der Waals surface area contributed by atoms with Gasteiger partial charge in [0, 0.05) is 23.8 Å². The standard InChI is InChI=1S/C18H28N5S.BrH/c1-5-22(13-14-23(4,6-2)7-3)17-10-8-16(9-11-17)20-21-18-19-12-15-24-18;/h8-12,15H,5-7,13-14H2,1-4H3;1H/q+1;/p-1. The van der Waals surface area contributed by atoms with Gasteiger partial charge in [0.2, 0.25) is 5.13 Å². The Balaban J connectivity index is 0.00000312. The highest BCUT2D eigenvalue weighted by molar-refractivity contribution is 7.13. The predicted octanol–water partition coefficient (Wildman–Crippen LogP) is 1.88. The molecule has 0 aliphatic heterocycles. The van der Waals surface area contributed by atoms with Crippen molar-refractivity contribution in [3.63, 3.8) is 0 Å². The van der Waals surface area contributed by atoms with Gasteiger partial charge >= 0.3 is 0 Å². The minimum absolute atomic E-state index is 0. The van der Waals surface area contributed by atoms with Crippen molar-refractivity contribution < 1.29 is 21.5 Å². The van der Waals surface area contributed by atoms with E-state index < -0.39 is 0 Å². The number of halogens is 1. The number of azo groups is 1. The smallest absolute Gasteiger partial charge is 0.229 e. The first kappa shape index (κ1) is 21.7. The Labute approximate surface area is 165 Å². The molecule has 5 nitrogen and oxygen atoms in total. The second-order valence-corrected chi connectivity index (χ2v) is 6.96. The van der Waals surface area contributed by atoms with Gasteiger partial charge in [0.15, 0.2) is 0 Å². The molecular weight excluding hydrogens is 398 g/mol. The first-order valence-electron chi connectivity index (χ1n) is 8.60. The molecule has 0 fully saturated rings. The summed E-state index contributed by atoms with van der Waals surface area (Å²) in [5.41, 5.74) is 2.09. The molecule has 0 saturated heterocycles. The van der Waals surface area contributed by atoms with E-state index in [4.69, 9.17) is 0 Å². The number of aromatic nitrogens is 1. The van der Waals surface area contributed by atoms with E-state index in [1.165, 1.54) is 30.1 Å². The second-order valence-electron chi connectivity index (χ2n) is 6.09. The third kappa shape index (κ3) is 6.49. The average Bonchev–Trinajstić information content (AvgIpc) is 3.15. The minimum Gasteiger partial charge on any atom is -1.00 e. The fourth-order valence-corrected chi connectivity index (χ4v) is 2.92. The molecular formula is C18H28BrN5S. The Hall–Kier alpha value is -1.31. The van der Waals surface area contributed by atoms with Crippen LogP contribution in [0.4, 0.5) is 16.5 Å². The van der Waals surface area contributed by atoms with Crippen molar-refractivity contribution in [2.24, 2.45) is 10.2 Å². The summed E-state index contributed by atoms with van der Waals surface area (Å²) in [5.74, 6) is 0. The summed E-state index contributed by atoms with van der Waals surface area (Å²) in [5, 5.41) is 11.0. The summed E-state index contributed by atoms with van der Waals surface area (Å²) in [6, 6.07) is 8.29. The maximum atomic E-state index is 4.24. The number of likely N-dealkylation sites (N-methyl/N-ethyl adjacent to an activating group) is 2. The summed E-state index contributed by atoms with van der Waals surface area (Å²) in [7, 11) is 2.33. The quantitative estimate of drug-likeness (QED) is 0.454. The molecule has 0 aliphatic carbocycles. The number of quaternary nitrogens is 1. The van der Waals surface area contributed by atoms with Gasteiger partial charge < -0.3 is 26.4 Å². The number of hydrogen-bond acceptors (Lipinski definition) is 5. The molecule has 138 valence electrons. The Morgan fingerprint density at radius 2 is 1.76 bits per heavy atom. The molecule has 1 aromatic carbocycles. The highest BCUT2D eigenvalue weighted by Crippen LogP contribution is 2.23. The van der Waals surface area contributed by atoms with Crippen LogP contribution in [-0.2, 0) is 0 Å². The summed E-state index contributed by atoms with van der Waals surface area (Å²) in [6.45, 7) is 12.3. The van der Waals surface area contributed by atoms with Crippen molar-refractivity contribution in [1.82, 2.24) is 4.98 Å². The molecule has 0 atom stereocenters. The molecule has 25 heavy (non-hydrogen) atoms. The molecule has 0 radical (unpaired) electrons. The second kappa shape index (κ2) is 10.6. The number of hydrogen-bond donors (Lipinski definition) is 0. The van der Waals surface area contributed by atoms with Gasteiger partial charge in [-0.05, 0) is 45.0 Å². The first-order chi connectivity index (χ1) is 11.6. The van der Waals surface area contributed by atoms with Crippen LogP contribution in [0.3, 0.4) is 0 Å². The van der Waals surface area contributed by atoms with E-state index >= 15 is 0 Å². The summed E-state index contributed by atoms with van der Waals surface area (Å²) < 4.78 is 1.11. The Morgan fingerprint density at radius 3 is 2.28 bits per heavy atom. The summed E-state index contributed by atoms with van der Waals surface area (Å²) in [6.07, 6.45) is 1.74. The predicted molar refractivity (Wildman–Crippen MR) is 103 cm³/mol. The van der Waals surface area contributed by atoms with Crippen molar-refractivity contribution in [1.29, 1.82) is 0 Å². The van der Waals surface area contributed by atoms with Crippen molar-refractivity contribution in [3.05, 3.63) is 35.8 Å². The molecule has 2 aromatic rings. The van der Waals surface area contributed by atoms with Gasteiger partial charge in [-0.1, -0.05) is 0 Å². The number of anilines is 1. The van der Waals surface area contributed by atoms with Gasteiger partial charge in [-0.3, -0.25) is 0 Å². The SMILES string of the molecule is CCN(CC[N+](C)(CC)CC)c1ccc(N=Nc2nccs2)cc1.[Br-]. The maximum Gasteiger partial charge on any atom is 0.229 e. The van der Waals surface area contributed by atoms with Crippen molar-refractivity contribution >= 4 is 27.8 Å². The highest BCUT2D eigenvalue weighted by atomic mass is 79.9. The van der Waals surface area contributed by atoms with Crippen LogP contribution in [0.2, 0.25) is 0 Å². The van der Waals surface area contributed by atoms with Crippen molar-refractivity contribution in [2.75, 3.05) is 44.7 Å². The van der Waals surface area contributed by atoms with E-state index in [1.54, 1.807) is 6.20 Å². The van der Waals surface area contributed by atoms with Gasteiger partial charge in [0.1, 0.15) is 0 Å². The molecule has 0 saturated carbocycles. The number of nitrogens with zero attached hydrogens (tertiary/aromatic N) is 5. The van der Waals surface area contributed by atoms with Gasteiger partial charge in [0.05, 0.1) is 38.9 Å². The zero-order valence-electron chi connectivity index (χ0n) is 15.5. The van der Waals surface area contributed by atoms with Crippen LogP contribution >= 0.6 is 11.3 Å². The van der Waals surface area contributed by atoms with E-state index in [2.05, 4.69) is 60.1 Å². The lowest BCUT2D eigenvalue weighted by atomic mass is 10.2. The van der Waals surface area contributed by atoms with E-state index in [0.717, 1.165) is 29.8 Å². The van der Waals surface area contributed by atoms with Crippen LogP contribution in [0.5, 0.6) is 0 Å². The van der Waals surface area contributed by atoms with Gasteiger partial charge in [-0.15, -0.1) is 21.6 Å². The van der Waals surface area contributed by atoms with Gasteiger partial charge in [-0.2, -0.15) is 0 Å². The topological polar surface area (TPSA) is 40.9 Å². The first-order valence-corrected chi connectivity index (χ1v) is 9.48. The molecule has 1 aromatic heterocycles. The average molecular weight is 426 g/mol. The van der Waals surface area contributed by atoms with E-state index in [1.807, 2.05) is 17.5 Å². The molecule has 0 amide bonds. The monoisotopic (exact) mass is 425 g/mol. The van der Waals surface area contributed by atoms with E-state index in [-0.39, 0.29) is 17.0 Å². The van der Waals surface area contributed by atoms with Gasteiger partial charge in [0.25, 0.3) is 0 Å². The van der Waals surface area contributed by atoms with Crippen molar-refractivity contribution in [3.8, 4) is 0 Å². The highest BCUT2D eigenvalue weighted by Gasteiger charge is 2.17. The van der Waals surface area contributed by atoms with Crippen LogP contribution in [0, 0.1) is 0 Å². The minimum atomic E-state index is 0. The molecule has 0 aliphatic rings. The Kier molecular flexibility index (Phi) is 9.24. The Bertz CT molecular complexity index is 623. The molecule has 7 heteroatoms. The summed E-state index contributed by atoms with van der Waals surface area (Å²) >= 11 is 1.49. The lowest BCUT2D eigenvalue weighted by Gasteiger charge is -2.35. The zero-order valence-corrected chi connectivity index (χ0v) is 17.9. The molecule has 0 unspecified atom stereocenters. The number of benzene rings is 1. The maximum absolute atomic E-state index is 4.24. The van der Waals surface area contributed by atoms with E-state index in [0.29, 0.717) is 5.13 Å². The third-order valence-electron chi connectivity index (χ3n) is 4.70. The number of thiazole rings is 1. The largest absolute Gasteiger partial charge is 1.00 e. The Morgan fingerprint density at radius 1 is 1.08 bits per heavy atom. The molecule has 0 spiro atoms. The molecule has 0 N–H and O–H groups in total. The fraction of sp³-hybridized carbons (Fsp3) is 0.500. The zero-order chi connectivity index (χ0) is 17.4. The fourth-order valence-electron chi connectivity index (χ4n) is 2.47. The lowest BCUT2D eigenvalue weighted by Crippen LogP contribution is -3.00. The molecule has 2 rings (SSSR count). The third-order valence-corrected chi connectivity index (χ3v) is 5.36.